The first-order chi connectivity index (χ1) is 12.7. The minimum atomic E-state index is -1.28. The summed E-state index contributed by atoms with van der Waals surface area (Å²) in [5.74, 6) is -2.74. The average Bonchev–Trinajstić information content (AvgIpc) is 2.58. The summed E-state index contributed by atoms with van der Waals surface area (Å²) in [5.41, 5.74) is 0.650. The van der Waals surface area contributed by atoms with Gasteiger partial charge in [0, 0.05) is 19.4 Å². The van der Waals surface area contributed by atoms with Crippen molar-refractivity contribution in [3.63, 3.8) is 0 Å². The Morgan fingerprint density at radius 2 is 1.70 bits per heavy atom. The van der Waals surface area contributed by atoms with Crippen LogP contribution in [0.5, 0.6) is 5.75 Å². The Balaban J connectivity index is 1.71. The maximum absolute atomic E-state index is 13.7. The van der Waals surface area contributed by atoms with Crippen LogP contribution in [-0.2, 0) is 25.7 Å². The molecule has 0 aromatic heterocycles. The number of hydrogen-bond acceptors (Lipinski definition) is 5. The molecule has 5 nitrogen and oxygen atoms in total. The lowest BCUT2D eigenvalue weighted by Gasteiger charge is -2.29. The maximum atomic E-state index is 13.7. The molecule has 0 atom stereocenters. The van der Waals surface area contributed by atoms with Crippen molar-refractivity contribution in [1.29, 1.82) is 0 Å². The molecule has 2 aromatic carbocycles. The number of esters is 2. The minimum absolute atomic E-state index is 0.0281. The molecule has 1 aliphatic rings. The second-order valence-corrected chi connectivity index (χ2v) is 6.70. The third-order valence-electron chi connectivity index (χ3n) is 3.75. The van der Waals surface area contributed by atoms with E-state index in [1.54, 1.807) is 30.3 Å². The van der Waals surface area contributed by atoms with Gasteiger partial charge in [0.05, 0.1) is 5.02 Å². The summed E-state index contributed by atoms with van der Waals surface area (Å²) in [5, 5.41) is 0.286. The van der Waals surface area contributed by atoms with Crippen LogP contribution in [0.3, 0.4) is 0 Å². The van der Waals surface area contributed by atoms with E-state index in [1.165, 1.54) is 32.1 Å². The van der Waals surface area contributed by atoms with Crippen molar-refractivity contribution in [3.05, 3.63) is 70.0 Å². The van der Waals surface area contributed by atoms with Crippen molar-refractivity contribution in [2.45, 2.75) is 26.2 Å². The first-order valence-electron chi connectivity index (χ1n) is 8.09. The van der Waals surface area contributed by atoms with Gasteiger partial charge < -0.3 is 14.2 Å². The summed E-state index contributed by atoms with van der Waals surface area (Å²) in [6.45, 7) is 2.93. The summed E-state index contributed by atoms with van der Waals surface area (Å²) in [7, 11) is 0. The molecule has 3 rings (SSSR count). The molecule has 1 aliphatic heterocycles. The predicted octanol–water partition coefficient (Wildman–Crippen LogP) is 4.28. The molecule has 1 heterocycles. The fourth-order valence-electron chi connectivity index (χ4n) is 2.43. The monoisotopic (exact) mass is 390 g/mol. The Morgan fingerprint density at radius 1 is 1.07 bits per heavy atom. The number of cyclic esters (lactones) is 2. The molecule has 0 amide bonds. The van der Waals surface area contributed by atoms with Crippen molar-refractivity contribution in [1.82, 2.24) is 0 Å². The number of carbonyl (C=O) groups is 2. The van der Waals surface area contributed by atoms with Crippen LogP contribution >= 0.6 is 11.6 Å². The highest BCUT2D eigenvalue weighted by Crippen LogP contribution is 2.25. The molecule has 0 saturated carbocycles. The van der Waals surface area contributed by atoms with Gasteiger partial charge in [0.25, 0.3) is 5.79 Å². The Bertz CT molecular complexity index is 876. The average molecular weight is 391 g/mol. The molecule has 7 heteroatoms. The molecule has 0 spiro atoms. The van der Waals surface area contributed by atoms with Crippen LogP contribution < -0.4 is 4.74 Å². The SMILES string of the molecule is CC1(C)OC(=O)C(=Cc2ccc(OCc3c(F)cccc3Cl)cc2)C(=O)O1. The van der Waals surface area contributed by atoms with E-state index in [0.717, 1.165) is 0 Å². The number of hydrogen-bond donors (Lipinski definition) is 0. The second kappa shape index (κ2) is 7.40. The topological polar surface area (TPSA) is 61.8 Å². The summed E-state index contributed by atoms with van der Waals surface area (Å²) >= 11 is 5.96. The highest BCUT2D eigenvalue weighted by Gasteiger charge is 2.38. The molecule has 27 heavy (non-hydrogen) atoms. The summed E-state index contributed by atoms with van der Waals surface area (Å²) < 4.78 is 29.4. The van der Waals surface area contributed by atoms with Crippen molar-refractivity contribution in [3.8, 4) is 5.75 Å². The summed E-state index contributed by atoms with van der Waals surface area (Å²) in [6, 6.07) is 11.0. The second-order valence-electron chi connectivity index (χ2n) is 6.29. The van der Waals surface area contributed by atoms with Gasteiger partial charge in [-0.25, -0.2) is 14.0 Å². The number of carbonyl (C=O) groups excluding carboxylic acids is 2. The third-order valence-corrected chi connectivity index (χ3v) is 4.11. The molecule has 0 unspecified atom stereocenters. The van der Waals surface area contributed by atoms with Crippen molar-refractivity contribution in [2.75, 3.05) is 0 Å². The van der Waals surface area contributed by atoms with Gasteiger partial charge in [-0.15, -0.1) is 0 Å². The van der Waals surface area contributed by atoms with Gasteiger partial charge in [-0.05, 0) is 35.9 Å². The van der Waals surface area contributed by atoms with Crippen LogP contribution in [0.1, 0.15) is 25.0 Å². The summed E-state index contributed by atoms with van der Waals surface area (Å²) in [6.07, 6.45) is 1.37. The van der Waals surface area contributed by atoms with E-state index in [1.807, 2.05) is 0 Å². The van der Waals surface area contributed by atoms with Gasteiger partial charge in [-0.1, -0.05) is 29.8 Å². The van der Waals surface area contributed by atoms with Crippen LogP contribution in [0.4, 0.5) is 4.39 Å². The standard InChI is InChI=1S/C20H16ClFO5/c1-20(2)26-18(23)14(19(24)27-20)10-12-6-8-13(9-7-12)25-11-15-16(21)4-3-5-17(15)22/h3-10H,11H2,1-2H3. The van der Waals surface area contributed by atoms with E-state index in [-0.39, 0.29) is 22.8 Å². The normalized spacial score (nSPS) is 15.8. The van der Waals surface area contributed by atoms with Gasteiger partial charge >= 0.3 is 11.9 Å². The maximum Gasteiger partial charge on any atom is 0.348 e. The Kier molecular flexibility index (Phi) is 5.19. The predicted molar refractivity (Wildman–Crippen MR) is 96.4 cm³/mol. The molecule has 0 radical (unpaired) electrons. The number of rotatable bonds is 4. The van der Waals surface area contributed by atoms with Crippen LogP contribution in [-0.4, -0.2) is 17.7 Å². The number of benzene rings is 2. The fourth-order valence-corrected chi connectivity index (χ4v) is 2.65. The largest absolute Gasteiger partial charge is 0.489 e. The van der Waals surface area contributed by atoms with Crippen LogP contribution in [0.2, 0.25) is 5.02 Å². The van der Waals surface area contributed by atoms with Gasteiger partial charge in [0.2, 0.25) is 0 Å². The Morgan fingerprint density at radius 3 is 2.30 bits per heavy atom. The zero-order valence-electron chi connectivity index (χ0n) is 14.6. The molecule has 1 fully saturated rings. The van der Waals surface area contributed by atoms with E-state index < -0.39 is 23.5 Å². The number of halogens is 2. The lowest BCUT2D eigenvalue weighted by atomic mass is 10.1. The van der Waals surface area contributed by atoms with E-state index in [9.17, 15) is 14.0 Å². The van der Waals surface area contributed by atoms with Crippen LogP contribution in [0.15, 0.2) is 48.0 Å². The van der Waals surface area contributed by atoms with E-state index in [0.29, 0.717) is 11.3 Å². The fraction of sp³-hybridized carbons (Fsp3) is 0.200. The van der Waals surface area contributed by atoms with Crippen LogP contribution in [0, 0.1) is 5.82 Å². The molecule has 0 N–H and O–H groups in total. The molecule has 2 aromatic rings. The van der Waals surface area contributed by atoms with Crippen molar-refractivity contribution >= 4 is 29.6 Å². The first-order valence-corrected chi connectivity index (χ1v) is 8.47. The Hall–Kier alpha value is -2.86. The minimum Gasteiger partial charge on any atom is -0.489 e. The van der Waals surface area contributed by atoms with Gasteiger partial charge in [0.1, 0.15) is 23.7 Å². The molecule has 140 valence electrons. The van der Waals surface area contributed by atoms with Gasteiger partial charge in [0.15, 0.2) is 0 Å². The Labute approximate surface area is 160 Å². The zero-order valence-corrected chi connectivity index (χ0v) is 15.4. The van der Waals surface area contributed by atoms with Crippen molar-refractivity contribution < 1.29 is 28.2 Å². The van der Waals surface area contributed by atoms with Crippen LogP contribution in [0.25, 0.3) is 6.08 Å². The zero-order chi connectivity index (χ0) is 19.6. The number of ether oxygens (including phenoxy) is 3. The smallest absolute Gasteiger partial charge is 0.348 e. The van der Waals surface area contributed by atoms with Crippen molar-refractivity contribution in [2.24, 2.45) is 0 Å². The lowest BCUT2D eigenvalue weighted by molar-refractivity contribution is -0.222. The van der Waals surface area contributed by atoms with E-state index in [4.69, 9.17) is 25.8 Å². The van der Waals surface area contributed by atoms with E-state index >= 15 is 0 Å². The molecule has 0 aliphatic carbocycles. The summed E-state index contributed by atoms with van der Waals surface area (Å²) in [4.78, 5) is 23.9. The van der Waals surface area contributed by atoms with Gasteiger partial charge in [-0.3, -0.25) is 0 Å². The molecule has 1 saturated heterocycles. The first kappa shape index (κ1) is 18.9. The van der Waals surface area contributed by atoms with E-state index in [2.05, 4.69) is 0 Å². The molecule has 0 bridgehead atoms. The quantitative estimate of drug-likeness (QED) is 0.443. The highest BCUT2D eigenvalue weighted by molar-refractivity contribution is 6.31. The highest BCUT2D eigenvalue weighted by atomic mass is 35.5. The molecular formula is C20H16ClFO5. The van der Waals surface area contributed by atoms with Gasteiger partial charge in [-0.2, -0.15) is 0 Å². The lowest BCUT2D eigenvalue weighted by Crippen LogP contribution is -2.41. The molecular weight excluding hydrogens is 375 g/mol. The third kappa shape index (κ3) is 4.46.